The molecule has 4 nitrogen and oxygen atoms in total. The van der Waals surface area contributed by atoms with Crippen LogP contribution in [0, 0.1) is 20.8 Å². The van der Waals surface area contributed by atoms with Gasteiger partial charge in [-0.15, -0.1) is 0 Å². The number of ether oxygens (including phenoxy) is 1. The Hall–Kier alpha value is -1.55. The monoisotopic (exact) mass is 263 g/mol. The molecule has 1 aromatic carbocycles. The highest BCUT2D eigenvalue weighted by Gasteiger charge is 2.26. The summed E-state index contributed by atoms with van der Waals surface area (Å²) < 4.78 is 5.66. The van der Waals surface area contributed by atoms with Gasteiger partial charge in [0.1, 0.15) is 5.75 Å². The van der Waals surface area contributed by atoms with Crippen molar-refractivity contribution in [1.29, 1.82) is 0 Å². The Bertz CT molecular complexity index is 481. The Morgan fingerprint density at radius 2 is 1.95 bits per heavy atom. The van der Waals surface area contributed by atoms with Crippen molar-refractivity contribution in [3.63, 3.8) is 0 Å². The topological polar surface area (TPSA) is 58.6 Å². The fraction of sp³-hybridized carbons (Fsp3) is 0.533. The molecule has 0 heterocycles. The number of carbonyl (C=O) groups is 1. The minimum Gasteiger partial charge on any atom is -0.478 e. The van der Waals surface area contributed by atoms with Crippen molar-refractivity contribution in [2.75, 3.05) is 6.54 Å². The van der Waals surface area contributed by atoms with Gasteiger partial charge in [-0.25, -0.2) is 4.79 Å². The maximum Gasteiger partial charge on any atom is 0.346 e. The summed E-state index contributed by atoms with van der Waals surface area (Å²) in [6, 6.07) is 4.42. The molecule has 2 N–H and O–H groups in total. The van der Waals surface area contributed by atoms with Gasteiger partial charge in [0.2, 0.25) is 6.10 Å². The number of aliphatic carboxylic acids is 1. The number of benzene rings is 1. The molecule has 1 aromatic rings. The molecule has 4 heteroatoms. The largest absolute Gasteiger partial charge is 0.478 e. The second-order valence-electron chi connectivity index (χ2n) is 5.33. The molecule has 0 bridgehead atoms. The van der Waals surface area contributed by atoms with Gasteiger partial charge >= 0.3 is 5.97 Å². The predicted molar refractivity (Wildman–Crippen MR) is 73.7 cm³/mol. The zero-order valence-electron chi connectivity index (χ0n) is 11.7. The van der Waals surface area contributed by atoms with E-state index in [9.17, 15) is 9.90 Å². The van der Waals surface area contributed by atoms with E-state index in [-0.39, 0.29) is 0 Å². The Labute approximate surface area is 113 Å². The van der Waals surface area contributed by atoms with Crippen LogP contribution < -0.4 is 10.1 Å². The molecular formula is C15H21NO3. The standard InChI is InChI=1S/C15H21NO3/c1-9-6-11(3)13(7-10(9)2)19-14(15(17)18)8-16-12-4-5-12/h6-7,12,14,16H,4-5,8H2,1-3H3,(H,17,18). The molecule has 0 aliphatic heterocycles. The molecule has 0 amide bonds. The van der Waals surface area contributed by atoms with E-state index in [2.05, 4.69) is 5.32 Å². The maximum absolute atomic E-state index is 11.2. The van der Waals surface area contributed by atoms with E-state index in [0.29, 0.717) is 18.3 Å². The van der Waals surface area contributed by atoms with E-state index in [1.165, 1.54) is 5.56 Å². The zero-order valence-corrected chi connectivity index (χ0v) is 11.7. The smallest absolute Gasteiger partial charge is 0.346 e. The molecule has 0 radical (unpaired) electrons. The maximum atomic E-state index is 11.2. The first kappa shape index (κ1) is 13.9. The van der Waals surface area contributed by atoms with Gasteiger partial charge in [-0.1, -0.05) is 6.07 Å². The molecule has 0 aromatic heterocycles. The van der Waals surface area contributed by atoms with Gasteiger partial charge in [0.25, 0.3) is 0 Å². The van der Waals surface area contributed by atoms with Crippen LogP contribution in [0.5, 0.6) is 5.75 Å². The first-order chi connectivity index (χ1) is 8.97. The number of nitrogens with one attached hydrogen (secondary N) is 1. The number of rotatable bonds is 6. The zero-order chi connectivity index (χ0) is 14.0. The number of carboxylic acids is 1. The SMILES string of the molecule is Cc1cc(C)c(OC(CNC2CC2)C(=O)O)cc1C. The van der Waals surface area contributed by atoms with Crippen molar-refractivity contribution in [2.24, 2.45) is 0 Å². The lowest BCUT2D eigenvalue weighted by molar-refractivity contribution is -0.144. The fourth-order valence-electron chi connectivity index (χ4n) is 1.95. The minimum absolute atomic E-state index is 0.354. The van der Waals surface area contributed by atoms with Crippen LogP contribution in [0.15, 0.2) is 12.1 Å². The molecule has 0 saturated heterocycles. The lowest BCUT2D eigenvalue weighted by Crippen LogP contribution is -2.38. The van der Waals surface area contributed by atoms with Crippen molar-refractivity contribution in [3.8, 4) is 5.75 Å². The highest BCUT2D eigenvalue weighted by molar-refractivity contribution is 5.73. The third-order valence-corrected chi connectivity index (χ3v) is 3.51. The molecule has 1 atom stereocenters. The van der Waals surface area contributed by atoms with Crippen molar-refractivity contribution < 1.29 is 14.6 Å². The van der Waals surface area contributed by atoms with Gasteiger partial charge in [-0.05, 0) is 56.4 Å². The Balaban J connectivity index is 2.06. The third-order valence-electron chi connectivity index (χ3n) is 3.51. The summed E-state index contributed by atoms with van der Waals surface area (Å²) in [5, 5.41) is 12.4. The Morgan fingerprint density at radius 3 is 2.53 bits per heavy atom. The summed E-state index contributed by atoms with van der Waals surface area (Å²) in [5.74, 6) is -0.265. The van der Waals surface area contributed by atoms with Crippen LogP contribution in [-0.2, 0) is 4.79 Å². The molecule has 1 aliphatic rings. The lowest BCUT2D eigenvalue weighted by Gasteiger charge is -2.18. The van der Waals surface area contributed by atoms with Crippen molar-refractivity contribution in [1.82, 2.24) is 5.32 Å². The van der Waals surface area contributed by atoms with Gasteiger partial charge in [0.15, 0.2) is 0 Å². The van der Waals surface area contributed by atoms with Gasteiger partial charge in [-0.3, -0.25) is 0 Å². The molecule has 1 unspecified atom stereocenters. The molecule has 1 fully saturated rings. The first-order valence-electron chi connectivity index (χ1n) is 6.68. The van der Waals surface area contributed by atoms with Gasteiger partial charge < -0.3 is 15.2 Å². The van der Waals surface area contributed by atoms with Crippen LogP contribution in [0.1, 0.15) is 29.5 Å². The first-order valence-corrected chi connectivity index (χ1v) is 6.68. The van der Waals surface area contributed by atoms with Gasteiger partial charge in [-0.2, -0.15) is 0 Å². The van der Waals surface area contributed by atoms with E-state index < -0.39 is 12.1 Å². The van der Waals surface area contributed by atoms with Crippen molar-refractivity contribution in [3.05, 3.63) is 28.8 Å². The second-order valence-corrected chi connectivity index (χ2v) is 5.33. The molecule has 19 heavy (non-hydrogen) atoms. The average molecular weight is 263 g/mol. The van der Waals surface area contributed by atoms with Crippen LogP contribution in [0.3, 0.4) is 0 Å². The number of aryl methyl sites for hydroxylation is 3. The van der Waals surface area contributed by atoms with Crippen LogP contribution in [-0.4, -0.2) is 29.8 Å². The predicted octanol–water partition coefficient (Wildman–Crippen LogP) is 2.20. The summed E-state index contributed by atoms with van der Waals surface area (Å²) in [5.41, 5.74) is 3.27. The summed E-state index contributed by atoms with van der Waals surface area (Å²) >= 11 is 0. The van der Waals surface area contributed by atoms with Gasteiger partial charge in [0.05, 0.1) is 0 Å². The second kappa shape index (κ2) is 5.61. The summed E-state index contributed by atoms with van der Waals surface area (Å²) in [6.07, 6.45) is 1.44. The molecule has 1 aliphatic carbocycles. The Kier molecular flexibility index (Phi) is 4.10. The highest BCUT2D eigenvalue weighted by atomic mass is 16.5. The minimum atomic E-state index is -0.925. The van der Waals surface area contributed by atoms with Crippen molar-refractivity contribution >= 4 is 5.97 Å². The van der Waals surface area contributed by atoms with Crippen LogP contribution in [0.25, 0.3) is 0 Å². The molecule has 0 spiro atoms. The highest BCUT2D eigenvalue weighted by Crippen LogP contribution is 2.24. The number of hydrogen-bond donors (Lipinski definition) is 2. The number of hydrogen-bond acceptors (Lipinski definition) is 3. The van der Waals surface area contributed by atoms with Crippen LogP contribution >= 0.6 is 0 Å². The summed E-state index contributed by atoms with van der Waals surface area (Å²) in [7, 11) is 0. The van der Waals surface area contributed by atoms with E-state index in [0.717, 1.165) is 24.0 Å². The number of carboxylic acid groups (broad SMARTS) is 1. The van der Waals surface area contributed by atoms with Crippen molar-refractivity contribution in [2.45, 2.75) is 45.8 Å². The van der Waals surface area contributed by atoms with Crippen LogP contribution in [0.4, 0.5) is 0 Å². The average Bonchev–Trinajstić information content (AvgIpc) is 3.14. The third kappa shape index (κ3) is 3.70. The quantitative estimate of drug-likeness (QED) is 0.826. The fourth-order valence-corrected chi connectivity index (χ4v) is 1.95. The van der Waals surface area contributed by atoms with E-state index >= 15 is 0 Å². The van der Waals surface area contributed by atoms with E-state index in [1.807, 2.05) is 32.9 Å². The lowest BCUT2D eigenvalue weighted by atomic mass is 10.1. The molecule has 1 saturated carbocycles. The summed E-state index contributed by atoms with van der Waals surface area (Å²) in [6.45, 7) is 6.33. The molecule has 2 rings (SSSR count). The normalized spacial score (nSPS) is 16.2. The van der Waals surface area contributed by atoms with Crippen LogP contribution in [0.2, 0.25) is 0 Å². The van der Waals surface area contributed by atoms with E-state index in [4.69, 9.17) is 4.74 Å². The Morgan fingerprint density at radius 1 is 1.32 bits per heavy atom. The van der Waals surface area contributed by atoms with Gasteiger partial charge in [0, 0.05) is 12.6 Å². The molecular weight excluding hydrogens is 242 g/mol. The van der Waals surface area contributed by atoms with E-state index in [1.54, 1.807) is 0 Å². The summed E-state index contributed by atoms with van der Waals surface area (Å²) in [4.78, 5) is 11.2. The molecule has 104 valence electrons.